The maximum Gasteiger partial charge on any atom is 0.184 e. The van der Waals surface area contributed by atoms with Gasteiger partial charge in [0.05, 0.1) is 71.9 Å². The van der Waals surface area contributed by atoms with E-state index in [1.54, 1.807) is 0 Å². The lowest BCUT2D eigenvalue weighted by Gasteiger charge is -2.28. The highest BCUT2D eigenvalue weighted by atomic mass is 15.3. The van der Waals surface area contributed by atoms with Crippen LogP contribution in [0.2, 0.25) is 0 Å². The molecule has 0 fully saturated rings. The fraction of sp³-hybridized carbons (Fsp3) is 0.0820. The zero-order chi connectivity index (χ0) is 86.5. The Morgan fingerprint density at radius 3 is 0.938 bits per heavy atom. The van der Waals surface area contributed by atoms with Crippen molar-refractivity contribution in [2.24, 2.45) is 0 Å². The van der Waals surface area contributed by atoms with Crippen LogP contribution in [0.4, 0.5) is 0 Å². The van der Waals surface area contributed by atoms with Crippen LogP contribution >= 0.6 is 0 Å². The standard InChI is InChI=1S/C122H86N8/c1-73-27-9-8-26-62-120(2,3)102-69-80(50-53-83(73)102)125-105-38-20-12-30-88(105)94-65-76(44-56-111(94)125)79-49-61-116-99(68-79)93-35-17-25-43-110(93)130(116)119-117(128-108-41-23-15-33-91(108)97-66-77(47-59-114(97)128)74-45-57-112-95(63-74)89-31-13-21-39-106(89)126(112)81-51-54-86-84-28-10-18-36-100(84)121(4,5)103(86)70-81)72-118(123-124-119)129-109-42-24-16-34-92(109)98-67-78(48-60-115(98)129)75-46-58-113-96(64-75)90-32-14-22-40-107(90)127(113)82-52-55-87-85-29-11-19-37-101(85)122(6,7)104(87)71-82/h8-61,63-72H,1,62H2,2-7H3/b26-8-,27-9-. The summed E-state index contributed by atoms with van der Waals surface area (Å²) in [6.45, 7) is 18.7. The predicted molar refractivity (Wildman–Crippen MR) is 544 cm³/mol. The van der Waals surface area contributed by atoms with E-state index in [2.05, 4.69) is 464 Å². The second-order valence-electron chi connectivity index (χ2n) is 37.8. The Bertz CT molecular complexity index is 9220. The number of hydrogen-bond acceptors (Lipinski definition) is 2. The minimum Gasteiger partial charge on any atom is -0.309 e. The van der Waals surface area contributed by atoms with E-state index in [4.69, 9.17) is 10.2 Å². The van der Waals surface area contributed by atoms with Crippen LogP contribution in [-0.2, 0) is 16.2 Å². The lowest BCUT2D eigenvalue weighted by molar-refractivity contribution is 0.533. The molecule has 0 saturated carbocycles. The number of allylic oxidation sites excluding steroid dienone is 5. The topological polar surface area (TPSA) is 55.4 Å². The zero-order valence-corrected chi connectivity index (χ0v) is 72.9. The molecular formula is C122H86N8. The predicted octanol–water partition coefficient (Wildman–Crippen LogP) is 31.5. The van der Waals surface area contributed by atoms with Crippen molar-refractivity contribution in [3.63, 3.8) is 0 Å². The first-order chi connectivity index (χ1) is 63.6. The summed E-state index contributed by atoms with van der Waals surface area (Å²) in [7, 11) is 0. The Morgan fingerprint density at radius 2 is 0.538 bits per heavy atom. The molecule has 17 aromatic carbocycles. The summed E-state index contributed by atoms with van der Waals surface area (Å²) in [5.41, 5.74) is 38.3. The minimum absolute atomic E-state index is 0.123. The Labute approximate surface area is 751 Å². The Balaban J connectivity index is 0.622. The molecule has 27 rings (SSSR count). The molecule has 0 atom stereocenters. The third-order valence-corrected chi connectivity index (χ3v) is 29.6. The number of fused-ring (bicyclic) bond motifs is 25. The van der Waals surface area contributed by atoms with Crippen molar-refractivity contribution < 1.29 is 0 Å². The highest BCUT2D eigenvalue weighted by Gasteiger charge is 2.38. The molecule has 24 aromatic rings. The maximum atomic E-state index is 5.69. The largest absolute Gasteiger partial charge is 0.309 e. The van der Waals surface area contributed by atoms with Crippen molar-refractivity contribution in [2.75, 3.05) is 0 Å². The monoisotopic (exact) mass is 1660 g/mol. The Hall–Kier alpha value is -16.2. The van der Waals surface area contributed by atoms with Crippen LogP contribution in [0.25, 0.3) is 226 Å². The average Bonchev–Trinajstić information content (AvgIpc) is 1.57. The van der Waals surface area contributed by atoms with Crippen LogP contribution in [0.1, 0.15) is 81.3 Å². The quantitative estimate of drug-likeness (QED) is 0.145. The third-order valence-electron chi connectivity index (χ3n) is 29.6. The van der Waals surface area contributed by atoms with Gasteiger partial charge in [-0.3, -0.25) is 9.13 Å². The molecule has 8 nitrogen and oxygen atoms in total. The van der Waals surface area contributed by atoms with Crippen molar-refractivity contribution in [2.45, 2.75) is 64.2 Å². The highest BCUT2D eigenvalue weighted by molar-refractivity contribution is 6.18. The number of aromatic nitrogens is 8. The molecule has 0 radical (unpaired) electrons. The van der Waals surface area contributed by atoms with Gasteiger partial charge in [-0.25, -0.2) is 0 Å². The van der Waals surface area contributed by atoms with Gasteiger partial charge < -0.3 is 18.3 Å². The van der Waals surface area contributed by atoms with Crippen molar-refractivity contribution in [1.29, 1.82) is 0 Å². The van der Waals surface area contributed by atoms with Crippen LogP contribution in [-0.4, -0.2) is 37.6 Å². The second-order valence-corrected chi connectivity index (χ2v) is 37.8. The van der Waals surface area contributed by atoms with E-state index in [0.717, 1.165) is 133 Å². The van der Waals surface area contributed by atoms with Gasteiger partial charge >= 0.3 is 0 Å². The number of para-hydroxylation sites is 6. The summed E-state index contributed by atoms with van der Waals surface area (Å²) in [6.07, 6.45) is 9.59. The molecule has 3 aliphatic rings. The van der Waals surface area contributed by atoms with Crippen LogP contribution in [0.15, 0.2) is 395 Å². The van der Waals surface area contributed by atoms with Crippen LogP contribution in [0.3, 0.4) is 0 Å². The molecule has 7 heterocycles. The van der Waals surface area contributed by atoms with Crippen molar-refractivity contribution >= 4 is 136 Å². The minimum atomic E-state index is -0.136. The summed E-state index contributed by atoms with van der Waals surface area (Å²) >= 11 is 0. The van der Waals surface area contributed by atoms with E-state index in [1.807, 2.05) is 0 Å². The Kier molecular flexibility index (Phi) is 15.5. The third kappa shape index (κ3) is 10.6. The second kappa shape index (κ2) is 27.2. The van der Waals surface area contributed by atoms with E-state index in [-0.39, 0.29) is 16.2 Å². The molecule has 0 saturated heterocycles. The molecule has 130 heavy (non-hydrogen) atoms. The summed E-state index contributed by atoms with van der Waals surface area (Å²) in [6, 6.07) is 137. The van der Waals surface area contributed by atoms with Gasteiger partial charge in [-0.1, -0.05) is 285 Å². The average molecular weight is 1660 g/mol. The molecule has 0 spiro atoms. The fourth-order valence-electron chi connectivity index (χ4n) is 23.3. The zero-order valence-electron chi connectivity index (χ0n) is 72.9. The molecule has 7 aromatic heterocycles. The lowest BCUT2D eigenvalue weighted by atomic mass is 9.77. The molecule has 0 unspecified atom stereocenters. The van der Waals surface area contributed by atoms with Crippen molar-refractivity contribution in [3.8, 4) is 90.0 Å². The first-order valence-corrected chi connectivity index (χ1v) is 45.4. The molecule has 614 valence electrons. The molecule has 3 aliphatic carbocycles. The van der Waals surface area contributed by atoms with Crippen LogP contribution in [0.5, 0.6) is 0 Å². The number of rotatable bonds is 9. The summed E-state index contributed by atoms with van der Waals surface area (Å²) < 4.78 is 14.5. The van der Waals surface area contributed by atoms with E-state index in [0.29, 0.717) is 11.6 Å². The SMILES string of the molecule is C=C1/C=C\C=C/CC(C)(C)c2cc(-n3c4ccccc4c4cc(-c5ccc6c(c5)c5ccccc5n6-c5nnc(-n6c7ccccc7c7cc(-c8ccc9c(c8)c8ccccc8n9-c8ccc9c(c8)C(C)(C)c8ccccc8-9)ccc76)cc5-n5c6ccccc6c6cc(-c7ccc8c(c7)c7ccccc7n8-c7ccc8c(c7)C(C)(C)c7ccccc7-8)ccc65)ccc43)ccc21. The molecular weight excluding hydrogens is 1580 g/mol. The maximum absolute atomic E-state index is 5.69. The number of nitrogens with zero attached hydrogens (tertiary/aromatic N) is 8. The fourth-order valence-corrected chi connectivity index (χ4v) is 23.3. The first-order valence-electron chi connectivity index (χ1n) is 45.4. The van der Waals surface area contributed by atoms with Gasteiger partial charge in [0.25, 0.3) is 0 Å². The van der Waals surface area contributed by atoms with Gasteiger partial charge in [0.1, 0.15) is 0 Å². The molecule has 0 amide bonds. The van der Waals surface area contributed by atoms with Gasteiger partial charge in [-0.2, -0.15) is 0 Å². The van der Waals surface area contributed by atoms with E-state index in [1.165, 1.54) is 121 Å². The van der Waals surface area contributed by atoms with Gasteiger partial charge in [-0.05, 0) is 252 Å². The molecule has 8 heteroatoms. The number of benzene rings is 17. The van der Waals surface area contributed by atoms with E-state index >= 15 is 0 Å². The normalized spacial score (nSPS) is 14.8. The smallest absolute Gasteiger partial charge is 0.184 e. The number of hydrogen-bond donors (Lipinski definition) is 0. The van der Waals surface area contributed by atoms with E-state index in [9.17, 15) is 0 Å². The summed E-state index contributed by atoms with van der Waals surface area (Å²) in [5.74, 6) is 1.41. The van der Waals surface area contributed by atoms with Gasteiger partial charge in [-0.15, -0.1) is 10.2 Å². The molecule has 0 aliphatic heterocycles. The van der Waals surface area contributed by atoms with E-state index < -0.39 is 0 Å². The summed E-state index contributed by atoms with van der Waals surface area (Å²) in [5, 5.41) is 25.2. The van der Waals surface area contributed by atoms with Crippen LogP contribution < -0.4 is 0 Å². The highest BCUT2D eigenvalue weighted by Crippen LogP contribution is 2.54. The van der Waals surface area contributed by atoms with Crippen molar-refractivity contribution in [1.82, 2.24) is 37.6 Å². The van der Waals surface area contributed by atoms with Gasteiger partial charge in [0, 0.05) is 98.6 Å². The van der Waals surface area contributed by atoms with Crippen LogP contribution in [0, 0.1) is 0 Å². The molecule has 0 N–H and O–H groups in total. The lowest BCUT2D eigenvalue weighted by Crippen LogP contribution is -2.18. The van der Waals surface area contributed by atoms with Gasteiger partial charge in [0.15, 0.2) is 11.6 Å². The molecule has 0 bridgehead atoms. The summed E-state index contributed by atoms with van der Waals surface area (Å²) in [4.78, 5) is 0. The Morgan fingerprint density at radius 1 is 0.238 bits per heavy atom. The first kappa shape index (κ1) is 74.1. The van der Waals surface area contributed by atoms with Gasteiger partial charge in [0.2, 0.25) is 0 Å². The van der Waals surface area contributed by atoms with Crippen molar-refractivity contribution in [3.05, 3.63) is 428 Å².